The number of methoxy groups -OCH3 is 1. The maximum atomic E-state index is 12.8. The molecule has 8 nitrogen and oxygen atoms in total. The molecule has 33 heavy (non-hydrogen) atoms. The third-order valence-electron chi connectivity index (χ3n) is 6.38. The molecule has 0 aliphatic carbocycles. The van der Waals surface area contributed by atoms with Crippen molar-refractivity contribution in [2.75, 3.05) is 51.3 Å². The number of amides is 1. The minimum Gasteiger partial charge on any atom is -0.497 e. The largest absolute Gasteiger partial charge is 0.497 e. The van der Waals surface area contributed by atoms with Crippen molar-refractivity contribution in [2.24, 2.45) is 0 Å². The van der Waals surface area contributed by atoms with Gasteiger partial charge in [-0.05, 0) is 30.3 Å². The molecule has 2 aromatic rings. The van der Waals surface area contributed by atoms with Crippen molar-refractivity contribution in [2.45, 2.75) is 24.4 Å². The molecule has 0 bridgehead atoms. The normalized spacial score (nSPS) is 25.8. The molecule has 4 rings (SSSR count). The van der Waals surface area contributed by atoms with Gasteiger partial charge in [0.25, 0.3) is 5.91 Å². The number of benzene rings is 2. The molecule has 3 N–H and O–H groups in total. The number of carbonyl (C=O) groups excluding carboxylic acids is 1. The minimum absolute atomic E-state index is 0.184. The van der Waals surface area contributed by atoms with Gasteiger partial charge in [0, 0.05) is 38.4 Å². The zero-order valence-electron chi connectivity index (χ0n) is 18.6. The number of aliphatic hydroxyl groups is 2. The van der Waals surface area contributed by atoms with Crippen LogP contribution in [0.15, 0.2) is 48.5 Å². The second-order valence-corrected chi connectivity index (χ2v) is 8.70. The molecular formula is C24H30ClN3O5. The molecule has 4 atom stereocenters. The lowest BCUT2D eigenvalue weighted by molar-refractivity contribution is -0.0209. The number of nitrogens with zero attached hydrogens (tertiary/aromatic N) is 2. The van der Waals surface area contributed by atoms with E-state index in [0.29, 0.717) is 16.3 Å². The van der Waals surface area contributed by atoms with Crippen LogP contribution < -0.4 is 15.0 Å². The summed E-state index contributed by atoms with van der Waals surface area (Å²) < 4.78 is 11.1. The van der Waals surface area contributed by atoms with Crippen LogP contribution in [0.25, 0.3) is 0 Å². The molecule has 178 valence electrons. The maximum Gasteiger partial charge on any atom is 0.253 e. The van der Waals surface area contributed by atoms with Crippen molar-refractivity contribution in [3.8, 4) is 5.75 Å². The van der Waals surface area contributed by atoms with Crippen molar-refractivity contribution in [1.29, 1.82) is 0 Å². The summed E-state index contributed by atoms with van der Waals surface area (Å²) in [5.74, 6) is 0.184. The average molecular weight is 476 g/mol. The van der Waals surface area contributed by atoms with Crippen molar-refractivity contribution >= 4 is 23.2 Å². The fraction of sp³-hybridized carbons (Fsp3) is 0.458. The summed E-state index contributed by atoms with van der Waals surface area (Å²) in [6, 6.07) is 14.8. The SMILES string of the molecule is COc1ccc(Cl)c(C(=O)NCC2OC(CO)C(O)C2N2CCN(c3ccccc3)CC2)c1. The van der Waals surface area contributed by atoms with Crippen LogP contribution in [0.5, 0.6) is 5.75 Å². The van der Waals surface area contributed by atoms with Gasteiger partial charge in [-0.2, -0.15) is 0 Å². The Labute approximate surface area is 198 Å². The van der Waals surface area contributed by atoms with Gasteiger partial charge in [-0.3, -0.25) is 9.69 Å². The van der Waals surface area contributed by atoms with Crippen LogP contribution in [0.3, 0.4) is 0 Å². The molecule has 2 aromatic carbocycles. The Bertz CT molecular complexity index is 939. The van der Waals surface area contributed by atoms with Gasteiger partial charge >= 0.3 is 0 Å². The summed E-state index contributed by atoms with van der Waals surface area (Å²) in [7, 11) is 1.52. The lowest BCUT2D eigenvalue weighted by Gasteiger charge is -2.41. The zero-order valence-corrected chi connectivity index (χ0v) is 19.3. The molecule has 1 amide bonds. The van der Waals surface area contributed by atoms with E-state index >= 15 is 0 Å². The monoisotopic (exact) mass is 475 g/mol. The molecule has 4 unspecified atom stereocenters. The highest BCUT2D eigenvalue weighted by Crippen LogP contribution is 2.28. The molecule has 0 saturated carbocycles. The Kier molecular flexibility index (Phi) is 7.72. The second kappa shape index (κ2) is 10.7. The minimum atomic E-state index is -0.847. The maximum absolute atomic E-state index is 12.8. The van der Waals surface area contributed by atoms with Crippen LogP contribution >= 0.6 is 11.6 Å². The molecule has 0 spiro atoms. The van der Waals surface area contributed by atoms with Gasteiger partial charge in [0.15, 0.2) is 0 Å². The van der Waals surface area contributed by atoms with E-state index in [2.05, 4.69) is 27.2 Å². The molecule has 2 fully saturated rings. The molecule has 9 heteroatoms. The molecule has 0 radical (unpaired) electrons. The lowest BCUT2D eigenvalue weighted by atomic mass is 10.0. The fourth-order valence-electron chi connectivity index (χ4n) is 4.61. The van der Waals surface area contributed by atoms with Crippen LogP contribution in [0.4, 0.5) is 5.69 Å². The van der Waals surface area contributed by atoms with Gasteiger partial charge in [0.2, 0.25) is 0 Å². The van der Waals surface area contributed by atoms with Gasteiger partial charge in [-0.25, -0.2) is 0 Å². The first-order valence-corrected chi connectivity index (χ1v) is 11.5. The third kappa shape index (κ3) is 5.26. The number of aliphatic hydroxyl groups excluding tert-OH is 2. The number of para-hydroxylation sites is 1. The summed E-state index contributed by atoms with van der Waals surface area (Å²) in [6.45, 7) is 3.01. The fourth-order valence-corrected chi connectivity index (χ4v) is 4.81. The Morgan fingerprint density at radius 3 is 2.55 bits per heavy atom. The molecule has 2 aliphatic rings. The first-order valence-electron chi connectivity index (χ1n) is 11.1. The Morgan fingerprint density at radius 2 is 1.88 bits per heavy atom. The number of ether oxygens (including phenoxy) is 2. The van der Waals surface area contributed by atoms with Crippen LogP contribution in [0.1, 0.15) is 10.4 Å². The van der Waals surface area contributed by atoms with Crippen LogP contribution in [-0.2, 0) is 4.74 Å². The van der Waals surface area contributed by atoms with E-state index in [0.717, 1.165) is 26.2 Å². The van der Waals surface area contributed by atoms with E-state index in [1.807, 2.05) is 18.2 Å². The Morgan fingerprint density at radius 1 is 1.15 bits per heavy atom. The number of rotatable bonds is 7. The lowest BCUT2D eigenvalue weighted by Crippen LogP contribution is -2.57. The number of anilines is 1. The number of nitrogens with one attached hydrogen (secondary N) is 1. The van der Waals surface area contributed by atoms with Crippen LogP contribution in [0.2, 0.25) is 5.02 Å². The highest BCUT2D eigenvalue weighted by molar-refractivity contribution is 6.33. The molecule has 2 heterocycles. The van der Waals surface area contributed by atoms with Crippen molar-refractivity contribution in [1.82, 2.24) is 10.2 Å². The summed E-state index contributed by atoms with van der Waals surface area (Å²) in [5, 5.41) is 23.7. The van der Waals surface area contributed by atoms with Crippen LogP contribution in [-0.4, -0.2) is 91.8 Å². The van der Waals surface area contributed by atoms with Gasteiger partial charge in [-0.1, -0.05) is 29.8 Å². The summed E-state index contributed by atoms with van der Waals surface area (Å²) in [5.41, 5.74) is 1.48. The smallest absolute Gasteiger partial charge is 0.253 e. The standard InChI is InChI=1S/C24H30ClN3O5/c1-32-17-7-8-19(25)18(13-17)24(31)26-14-20-22(23(30)21(15-29)33-20)28-11-9-27(10-12-28)16-5-3-2-4-6-16/h2-8,13,20-23,29-30H,9-12,14-15H2,1H3,(H,26,31). The highest BCUT2D eigenvalue weighted by atomic mass is 35.5. The predicted octanol–water partition coefficient (Wildman–Crippen LogP) is 1.39. The highest BCUT2D eigenvalue weighted by Gasteiger charge is 2.46. The molecular weight excluding hydrogens is 446 g/mol. The van der Waals surface area contributed by atoms with E-state index in [4.69, 9.17) is 21.1 Å². The number of hydrogen-bond donors (Lipinski definition) is 3. The molecule has 2 saturated heterocycles. The third-order valence-corrected chi connectivity index (χ3v) is 6.71. The first-order chi connectivity index (χ1) is 16.0. The second-order valence-electron chi connectivity index (χ2n) is 8.29. The molecule has 2 aliphatic heterocycles. The van der Waals surface area contributed by atoms with Crippen LogP contribution in [0, 0.1) is 0 Å². The summed E-state index contributed by atoms with van der Waals surface area (Å²) >= 11 is 6.19. The van der Waals surface area contributed by atoms with Gasteiger partial charge in [0.05, 0.1) is 36.4 Å². The van der Waals surface area contributed by atoms with E-state index < -0.39 is 18.3 Å². The van der Waals surface area contributed by atoms with Gasteiger partial charge < -0.3 is 29.9 Å². The van der Waals surface area contributed by atoms with Crippen molar-refractivity contribution in [3.05, 3.63) is 59.1 Å². The quantitative estimate of drug-likeness (QED) is 0.557. The van der Waals surface area contributed by atoms with Crippen molar-refractivity contribution in [3.63, 3.8) is 0 Å². The number of halogens is 1. The van der Waals surface area contributed by atoms with E-state index in [1.54, 1.807) is 18.2 Å². The van der Waals surface area contributed by atoms with Gasteiger partial charge in [0.1, 0.15) is 18.0 Å². The Hall–Kier alpha value is -2.36. The van der Waals surface area contributed by atoms with Gasteiger partial charge in [-0.15, -0.1) is 0 Å². The number of carbonyl (C=O) groups is 1. The summed E-state index contributed by atoms with van der Waals surface area (Å²) in [4.78, 5) is 17.3. The average Bonchev–Trinajstić information content (AvgIpc) is 3.18. The Balaban J connectivity index is 1.41. The number of piperazine rings is 1. The van der Waals surface area contributed by atoms with E-state index in [9.17, 15) is 15.0 Å². The van der Waals surface area contributed by atoms with Crippen molar-refractivity contribution < 1.29 is 24.5 Å². The topological polar surface area (TPSA) is 94.5 Å². The molecule has 0 aromatic heterocycles. The van der Waals surface area contributed by atoms with E-state index in [-0.39, 0.29) is 25.1 Å². The van der Waals surface area contributed by atoms with E-state index in [1.165, 1.54) is 12.8 Å². The predicted molar refractivity (Wildman–Crippen MR) is 126 cm³/mol. The first kappa shape index (κ1) is 23.8. The zero-order chi connectivity index (χ0) is 23.4. The summed E-state index contributed by atoms with van der Waals surface area (Å²) in [6.07, 6.45) is -2.00. The number of hydrogen-bond acceptors (Lipinski definition) is 7.